The molecule has 1 aromatic rings. The van der Waals surface area contributed by atoms with Crippen molar-refractivity contribution in [3.63, 3.8) is 0 Å². The van der Waals surface area contributed by atoms with Crippen molar-refractivity contribution in [2.45, 2.75) is 59.9 Å². The Morgan fingerprint density at radius 2 is 1.40 bits per heavy atom. The number of para-hydroxylation sites is 1. The molecule has 16 nitrogen and oxygen atoms in total. The number of anilines is 1. The van der Waals surface area contributed by atoms with E-state index in [1.54, 1.807) is 44.2 Å². The van der Waals surface area contributed by atoms with Crippen molar-refractivity contribution < 1.29 is 57.2 Å². The van der Waals surface area contributed by atoms with E-state index in [1.807, 2.05) is 0 Å². The van der Waals surface area contributed by atoms with Crippen LogP contribution < -0.4 is 10.4 Å². The van der Waals surface area contributed by atoms with E-state index >= 15 is 0 Å². The van der Waals surface area contributed by atoms with E-state index in [9.17, 15) is 28.8 Å². The molecule has 16 heteroatoms. The van der Waals surface area contributed by atoms with Crippen molar-refractivity contribution in [3.05, 3.63) is 30.3 Å². The first kappa shape index (κ1) is 35.0. The fourth-order valence-electron chi connectivity index (χ4n) is 3.14. The first-order valence-corrected chi connectivity index (χ1v) is 12.6. The number of nitrogens with one attached hydrogen (secondary N) is 1. The van der Waals surface area contributed by atoms with Gasteiger partial charge in [-0.25, -0.2) is 15.0 Å². The number of rotatable bonds is 14. The van der Waals surface area contributed by atoms with Gasteiger partial charge < -0.3 is 28.4 Å². The second-order valence-corrected chi connectivity index (χ2v) is 8.01. The van der Waals surface area contributed by atoms with Crippen LogP contribution >= 0.6 is 0 Å². The highest BCUT2D eigenvalue weighted by molar-refractivity contribution is 6.33. The molecule has 3 atom stereocenters. The Morgan fingerprint density at radius 1 is 0.810 bits per heavy atom. The zero-order valence-electron chi connectivity index (χ0n) is 24.1. The van der Waals surface area contributed by atoms with Crippen LogP contribution in [0.1, 0.15) is 41.5 Å². The van der Waals surface area contributed by atoms with Crippen LogP contribution in [0.25, 0.3) is 0 Å². The highest BCUT2D eigenvalue weighted by Gasteiger charge is 2.41. The van der Waals surface area contributed by atoms with Gasteiger partial charge in [-0.15, -0.1) is 0 Å². The Hall–Kier alpha value is -5.02. The van der Waals surface area contributed by atoms with Crippen LogP contribution in [0, 0.1) is 0 Å². The van der Waals surface area contributed by atoms with E-state index in [2.05, 4.69) is 15.6 Å². The SMILES string of the molecule is CCOC(=O)N/N=C(/C=N/N(C(=O)OCC)c1ccccc1)[C@@H](OC(C)=O)[C@@H](OC(C)=O)[C@@H](COC(C)=O)OC(C)=O. The maximum atomic E-state index is 12.7. The van der Waals surface area contributed by atoms with Gasteiger partial charge in [-0.1, -0.05) is 18.2 Å². The molecule has 1 aromatic carbocycles. The summed E-state index contributed by atoms with van der Waals surface area (Å²) in [6.45, 7) is 6.66. The first-order chi connectivity index (χ1) is 19.9. The lowest BCUT2D eigenvalue weighted by Crippen LogP contribution is -2.51. The van der Waals surface area contributed by atoms with Gasteiger partial charge in [0.2, 0.25) is 0 Å². The Labute approximate surface area is 241 Å². The number of hydrazone groups is 2. The summed E-state index contributed by atoms with van der Waals surface area (Å²) in [5.41, 5.74) is 1.91. The summed E-state index contributed by atoms with van der Waals surface area (Å²) < 4.78 is 30.8. The molecule has 0 radical (unpaired) electrons. The maximum Gasteiger partial charge on any atom is 0.435 e. The summed E-state index contributed by atoms with van der Waals surface area (Å²) in [4.78, 5) is 72.5. The molecule has 2 amide bonds. The number of carbonyl (C=O) groups excluding carboxylic acids is 6. The number of hydrogen-bond donors (Lipinski definition) is 1. The van der Waals surface area contributed by atoms with Gasteiger partial charge in [0.1, 0.15) is 12.3 Å². The Balaban J connectivity index is 3.81. The zero-order chi connectivity index (χ0) is 31.7. The second kappa shape index (κ2) is 18.4. The molecule has 42 heavy (non-hydrogen) atoms. The average Bonchev–Trinajstić information content (AvgIpc) is 2.91. The standard InChI is InChI=1S/C26H34N4O12/c1-7-37-25(35)29-28-21(14-27-30(26(36)38-8-2)20-12-10-9-11-13-20)23(41-18(5)33)24(42-19(6)34)22(40-17(4)32)15-39-16(3)31/h9-14,22-24H,7-8,15H2,1-6H3,(H,29,35)/b27-14+,28-21-/t22-,23-,24+/m1/s1. The van der Waals surface area contributed by atoms with Gasteiger partial charge in [0.15, 0.2) is 18.3 Å². The van der Waals surface area contributed by atoms with Crippen LogP contribution in [0.5, 0.6) is 0 Å². The van der Waals surface area contributed by atoms with E-state index in [1.165, 1.54) is 0 Å². The predicted octanol–water partition coefficient (Wildman–Crippen LogP) is 2.10. The number of amides is 2. The van der Waals surface area contributed by atoms with Crippen molar-refractivity contribution in [2.24, 2.45) is 10.2 Å². The summed E-state index contributed by atoms with van der Waals surface area (Å²) in [6.07, 6.45) is -5.98. The average molecular weight is 595 g/mol. The normalized spacial score (nSPS) is 13.1. The largest absolute Gasteiger partial charge is 0.462 e. The smallest absolute Gasteiger partial charge is 0.435 e. The van der Waals surface area contributed by atoms with Gasteiger partial charge >= 0.3 is 36.1 Å². The van der Waals surface area contributed by atoms with Crippen LogP contribution in [-0.2, 0) is 47.6 Å². The third-order valence-electron chi connectivity index (χ3n) is 4.62. The number of ether oxygens (including phenoxy) is 6. The first-order valence-electron chi connectivity index (χ1n) is 12.6. The van der Waals surface area contributed by atoms with E-state index in [0.29, 0.717) is 0 Å². The summed E-state index contributed by atoms with van der Waals surface area (Å²) in [5, 5.41) is 8.85. The molecule has 1 rings (SSSR count). The second-order valence-electron chi connectivity index (χ2n) is 8.01. The minimum Gasteiger partial charge on any atom is -0.462 e. The quantitative estimate of drug-likeness (QED) is 0.143. The van der Waals surface area contributed by atoms with E-state index in [0.717, 1.165) is 38.9 Å². The summed E-state index contributed by atoms with van der Waals surface area (Å²) >= 11 is 0. The molecule has 0 saturated carbocycles. The summed E-state index contributed by atoms with van der Waals surface area (Å²) in [6, 6.07) is 8.05. The molecule has 0 fully saturated rings. The van der Waals surface area contributed by atoms with Gasteiger partial charge in [-0.2, -0.15) is 15.2 Å². The van der Waals surface area contributed by atoms with E-state index in [-0.39, 0.29) is 18.9 Å². The number of carbonyl (C=O) groups is 6. The lowest BCUT2D eigenvalue weighted by atomic mass is 10.0. The molecule has 0 aliphatic rings. The van der Waals surface area contributed by atoms with Crippen molar-refractivity contribution >= 4 is 53.7 Å². The molecule has 0 aromatic heterocycles. The van der Waals surface area contributed by atoms with Crippen LogP contribution in [0.15, 0.2) is 40.5 Å². The summed E-state index contributed by atoms with van der Waals surface area (Å²) in [7, 11) is 0. The minimum absolute atomic E-state index is 0.00780. The number of esters is 4. The van der Waals surface area contributed by atoms with Gasteiger partial charge in [-0.05, 0) is 26.0 Å². The van der Waals surface area contributed by atoms with Gasteiger partial charge in [0, 0.05) is 27.7 Å². The highest BCUT2D eigenvalue weighted by atomic mass is 16.6. The molecule has 0 spiro atoms. The topological polar surface area (TPSA) is 198 Å². The fourth-order valence-corrected chi connectivity index (χ4v) is 3.14. The van der Waals surface area contributed by atoms with Crippen LogP contribution in [0.2, 0.25) is 0 Å². The van der Waals surface area contributed by atoms with Crippen LogP contribution in [-0.4, -0.2) is 86.1 Å². The predicted molar refractivity (Wildman–Crippen MR) is 145 cm³/mol. The molecule has 0 saturated heterocycles. The molecule has 1 N–H and O–H groups in total. The Bertz CT molecular complexity index is 1160. The third-order valence-corrected chi connectivity index (χ3v) is 4.62. The van der Waals surface area contributed by atoms with Crippen molar-refractivity contribution in [2.75, 3.05) is 24.8 Å². The van der Waals surface area contributed by atoms with Crippen molar-refractivity contribution in [1.82, 2.24) is 5.43 Å². The zero-order valence-corrected chi connectivity index (χ0v) is 24.1. The molecule has 0 heterocycles. The maximum absolute atomic E-state index is 12.7. The monoisotopic (exact) mass is 594 g/mol. The molecule has 0 aliphatic heterocycles. The van der Waals surface area contributed by atoms with Crippen molar-refractivity contribution in [3.8, 4) is 0 Å². The Kier molecular flexibility index (Phi) is 15.3. The van der Waals surface area contributed by atoms with Crippen LogP contribution in [0.3, 0.4) is 0 Å². The lowest BCUT2D eigenvalue weighted by molar-refractivity contribution is -0.183. The molecule has 0 bridgehead atoms. The van der Waals surface area contributed by atoms with Crippen molar-refractivity contribution in [1.29, 1.82) is 0 Å². The molecule has 230 valence electrons. The highest BCUT2D eigenvalue weighted by Crippen LogP contribution is 2.18. The fraction of sp³-hybridized carbons (Fsp3) is 0.462. The van der Waals surface area contributed by atoms with Gasteiger partial charge in [-0.3, -0.25) is 19.2 Å². The third kappa shape index (κ3) is 12.9. The molecule has 0 unspecified atom stereocenters. The molecule has 0 aliphatic carbocycles. The van der Waals surface area contributed by atoms with E-state index in [4.69, 9.17) is 28.4 Å². The minimum atomic E-state index is -1.75. The van der Waals surface area contributed by atoms with Gasteiger partial charge in [0.05, 0.1) is 25.1 Å². The lowest BCUT2D eigenvalue weighted by Gasteiger charge is -2.31. The van der Waals surface area contributed by atoms with E-state index < -0.39 is 66.7 Å². The molecular formula is C26H34N4O12. The number of nitrogens with zero attached hydrogens (tertiary/aromatic N) is 3. The number of hydrogen-bond acceptors (Lipinski definition) is 14. The Morgan fingerprint density at radius 3 is 1.93 bits per heavy atom. The number of benzene rings is 1. The summed E-state index contributed by atoms with van der Waals surface area (Å²) in [5.74, 6) is -3.46. The molecular weight excluding hydrogens is 560 g/mol. The van der Waals surface area contributed by atoms with Crippen LogP contribution in [0.4, 0.5) is 15.3 Å². The van der Waals surface area contributed by atoms with Gasteiger partial charge in [0.25, 0.3) is 0 Å².